The van der Waals surface area contributed by atoms with Crippen LogP contribution in [-0.2, 0) is 6.42 Å². The van der Waals surface area contributed by atoms with Crippen molar-refractivity contribution in [1.82, 2.24) is 10.2 Å². The van der Waals surface area contributed by atoms with Crippen LogP contribution >= 0.6 is 0 Å². The van der Waals surface area contributed by atoms with Gasteiger partial charge in [-0.25, -0.2) is 0 Å². The average Bonchev–Trinajstić information content (AvgIpc) is 2.76. The smallest absolute Gasteiger partial charge is 0.406 e. The summed E-state index contributed by atoms with van der Waals surface area (Å²) in [4.78, 5) is 2.50. The minimum Gasteiger partial charge on any atom is -0.406 e. The van der Waals surface area contributed by atoms with Gasteiger partial charge in [0.2, 0.25) is 0 Å². The molecule has 23 heavy (non-hydrogen) atoms. The van der Waals surface area contributed by atoms with Gasteiger partial charge in [-0.05, 0) is 63.0 Å². The third kappa shape index (κ3) is 7.70. The van der Waals surface area contributed by atoms with E-state index in [1.807, 2.05) is 0 Å². The van der Waals surface area contributed by atoms with E-state index >= 15 is 0 Å². The molecule has 0 unspecified atom stereocenters. The standard InChI is InChI=1S/C17H25F3N2O/c18-17(19,20)23-16-8-6-15(7-9-16)5-2-1-3-12-22-13-4-10-21-11-14-22/h6-9,21H,1-5,10-14H2. The van der Waals surface area contributed by atoms with Crippen molar-refractivity contribution in [2.75, 3.05) is 32.7 Å². The van der Waals surface area contributed by atoms with Gasteiger partial charge in [0.15, 0.2) is 0 Å². The molecule has 0 amide bonds. The van der Waals surface area contributed by atoms with Crippen LogP contribution in [0.2, 0.25) is 0 Å². The molecule has 0 bridgehead atoms. The van der Waals surface area contributed by atoms with Gasteiger partial charge < -0.3 is 15.0 Å². The van der Waals surface area contributed by atoms with Gasteiger partial charge in [0, 0.05) is 13.1 Å². The van der Waals surface area contributed by atoms with E-state index < -0.39 is 6.36 Å². The van der Waals surface area contributed by atoms with Crippen molar-refractivity contribution in [2.24, 2.45) is 0 Å². The molecule has 1 fully saturated rings. The second-order valence-corrected chi connectivity index (χ2v) is 5.95. The van der Waals surface area contributed by atoms with Crippen LogP contribution in [0.4, 0.5) is 13.2 Å². The van der Waals surface area contributed by atoms with Gasteiger partial charge in [0.05, 0.1) is 0 Å². The van der Waals surface area contributed by atoms with E-state index in [1.54, 1.807) is 12.1 Å². The van der Waals surface area contributed by atoms with E-state index in [-0.39, 0.29) is 5.75 Å². The zero-order valence-corrected chi connectivity index (χ0v) is 13.4. The molecule has 0 aliphatic carbocycles. The minimum absolute atomic E-state index is 0.156. The van der Waals surface area contributed by atoms with Gasteiger partial charge >= 0.3 is 6.36 Å². The predicted octanol–water partition coefficient (Wildman–Crippen LogP) is 3.59. The topological polar surface area (TPSA) is 24.5 Å². The molecule has 0 spiro atoms. The summed E-state index contributed by atoms with van der Waals surface area (Å²) < 4.78 is 40.1. The van der Waals surface area contributed by atoms with Crippen molar-refractivity contribution < 1.29 is 17.9 Å². The summed E-state index contributed by atoms with van der Waals surface area (Å²) in [6.45, 7) is 5.63. The summed E-state index contributed by atoms with van der Waals surface area (Å²) in [5.74, 6) is -0.156. The molecule has 130 valence electrons. The number of nitrogens with one attached hydrogen (secondary N) is 1. The highest BCUT2D eigenvalue weighted by Gasteiger charge is 2.30. The fraction of sp³-hybridized carbons (Fsp3) is 0.647. The lowest BCUT2D eigenvalue weighted by Crippen LogP contribution is -2.29. The molecule has 0 saturated carbocycles. The summed E-state index contributed by atoms with van der Waals surface area (Å²) >= 11 is 0. The molecule has 1 heterocycles. The monoisotopic (exact) mass is 330 g/mol. The third-order valence-electron chi connectivity index (χ3n) is 4.03. The van der Waals surface area contributed by atoms with Crippen molar-refractivity contribution in [3.8, 4) is 5.75 Å². The Bertz CT molecular complexity index is 440. The van der Waals surface area contributed by atoms with Crippen LogP contribution < -0.4 is 10.1 Å². The number of halogens is 3. The molecule has 1 aliphatic rings. The number of unbranched alkanes of at least 4 members (excludes halogenated alkanes) is 2. The molecular formula is C17H25F3N2O. The number of benzene rings is 1. The Labute approximate surface area is 135 Å². The van der Waals surface area contributed by atoms with E-state index in [0.29, 0.717) is 0 Å². The first-order valence-electron chi connectivity index (χ1n) is 8.31. The quantitative estimate of drug-likeness (QED) is 0.773. The minimum atomic E-state index is -4.62. The van der Waals surface area contributed by atoms with Crippen molar-refractivity contribution in [3.63, 3.8) is 0 Å². The zero-order valence-electron chi connectivity index (χ0n) is 13.4. The lowest BCUT2D eigenvalue weighted by Gasteiger charge is -2.18. The number of hydrogen-bond acceptors (Lipinski definition) is 3. The Morgan fingerprint density at radius 3 is 2.52 bits per heavy atom. The molecule has 1 aliphatic heterocycles. The molecule has 2 rings (SSSR count). The summed E-state index contributed by atoms with van der Waals surface area (Å²) in [6, 6.07) is 6.18. The Balaban J connectivity index is 1.60. The number of alkyl halides is 3. The fourth-order valence-corrected chi connectivity index (χ4v) is 2.82. The first kappa shape index (κ1) is 18.1. The molecule has 0 aromatic heterocycles. The lowest BCUT2D eigenvalue weighted by molar-refractivity contribution is -0.274. The Hall–Kier alpha value is -1.27. The molecule has 0 atom stereocenters. The summed E-state index contributed by atoms with van der Waals surface area (Å²) in [7, 11) is 0. The first-order valence-corrected chi connectivity index (χ1v) is 8.31. The van der Waals surface area contributed by atoms with E-state index in [9.17, 15) is 13.2 Å². The zero-order chi connectivity index (χ0) is 16.5. The predicted molar refractivity (Wildman–Crippen MR) is 84.6 cm³/mol. The van der Waals surface area contributed by atoms with E-state index in [2.05, 4.69) is 15.0 Å². The number of rotatable bonds is 7. The number of ether oxygens (including phenoxy) is 1. The van der Waals surface area contributed by atoms with Crippen molar-refractivity contribution in [3.05, 3.63) is 29.8 Å². The van der Waals surface area contributed by atoms with Gasteiger partial charge in [0.25, 0.3) is 0 Å². The van der Waals surface area contributed by atoms with Crippen molar-refractivity contribution in [1.29, 1.82) is 0 Å². The second kappa shape index (κ2) is 9.13. The highest BCUT2D eigenvalue weighted by Crippen LogP contribution is 2.23. The Kier molecular flexibility index (Phi) is 7.17. The summed E-state index contributed by atoms with van der Waals surface area (Å²) in [5, 5.41) is 3.40. The first-order chi connectivity index (χ1) is 11.0. The number of nitrogens with zero attached hydrogens (tertiary/aromatic N) is 1. The molecule has 1 aromatic rings. The SMILES string of the molecule is FC(F)(F)Oc1ccc(CCCCCN2CCCNCC2)cc1. The molecule has 0 radical (unpaired) electrons. The third-order valence-corrected chi connectivity index (χ3v) is 4.03. The van der Waals surface area contributed by atoms with Crippen molar-refractivity contribution in [2.45, 2.75) is 38.5 Å². The maximum Gasteiger partial charge on any atom is 0.573 e. The summed E-state index contributed by atoms with van der Waals surface area (Å²) in [6.07, 6.45) is 0.871. The van der Waals surface area contributed by atoms with Gasteiger partial charge in [-0.3, -0.25) is 0 Å². The lowest BCUT2D eigenvalue weighted by atomic mass is 10.1. The van der Waals surface area contributed by atoms with Crippen LogP contribution in [0.5, 0.6) is 5.75 Å². The van der Waals surface area contributed by atoms with Crippen LogP contribution in [0, 0.1) is 0 Å². The van der Waals surface area contributed by atoms with Gasteiger partial charge in [-0.2, -0.15) is 0 Å². The van der Waals surface area contributed by atoms with Gasteiger partial charge in [-0.1, -0.05) is 18.6 Å². The highest BCUT2D eigenvalue weighted by molar-refractivity contribution is 5.27. The molecule has 6 heteroatoms. The van der Waals surface area contributed by atoms with E-state index in [1.165, 1.54) is 31.5 Å². The van der Waals surface area contributed by atoms with Crippen LogP contribution in [0.1, 0.15) is 31.2 Å². The Morgan fingerprint density at radius 1 is 1.00 bits per heavy atom. The van der Waals surface area contributed by atoms with E-state index in [4.69, 9.17) is 0 Å². The largest absolute Gasteiger partial charge is 0.573 e. The second-order valence-electron chi connectivity index (χ2n) is 5.95. The van der Waals surface area contributed by atoms with Crippen LogP contribution in [0.15, 0.2) is 24.3 Å². The molecule has 1 N–H and O–H groups in total. The average molecular weight is 330 g/mol. The molecular weight excluding hydrogens is 305 g/mol. The highest BCUT2D eigenvalue weighted by atomic mass is 19.4. The fourth-order valence-electron chi connectivity index (χ4n) is 2.82. The van der Waals surface area contributed by atoms with Crippen LogP contribution in [-0.4, -0.2) is 44.0 Å². The van der Waals surface area contributed by atoms with Gasteiger partial charge in [0.1, 0.15) is 5.75 Å². The van der Waals surface area contributed by atoms with Crippen molar-refractivity contribution >= 4 is 0 Å². The Morgan fingerprint density at radius 2 is 1.78 bits per heavy atom. The van der Waals surface area contributed by atoms with Crippen LogP contribution in [0.3, 0.4) is 0 Å². The maximum atomic E-state index is 12.1. The molecule has 1 saturated heterocycles. The van der Waals surface area contributed by atoms with Gasteiger partial charge in [-0.15, -0.1) is 13.2 Å². The number of aryl methyl sites for hydroxylation is 1. The van der Waals surface area contributed by atoms with E-state index in [0.717, 1.165) is 51.0 Å². The molecule has 1 aromatic carbocycles. The maximum absolute atomic E-state index is 12.1. The van der Waals surface area contributed by atoms with Crippen LogP contribution in [0.25, 0.3) is 0 Å². The summed E-state index contributed by atoms with van der Waals surface area (Å²) in [5.41, 5.74) is 1.05. The normalized spacial score (nSPS) is 17.0. The molecule has 3 nitrogen and oxygen atoms in total. The number of hydrogen-bond donors (Lipinski definition) is 1.